The van der Waals surface area contributed by atoms with E-state index in [2.05, 4.69) is 10.3 Å². The molecule has 1 atom stereocenters. The third-order valence-corrected chi connectivity index (χ3v) is 2.88. The predicted molar refractivity (Wildman–Crippen MR) is 60.2 cm³/mol. The zero-order chi connectivity index (χ0) is 11.2. The Labute approximate surface area is 87.7 Å². The van der Waals surface area contributed by atoms with Crippen molar-refractivity contribution < 1.29 is 0 Å². The highest BCUT2D eigenvalue weighted by atomic mass is 16.1. The number of nitrogen functional groups attached to an aromatic ring is 1. The van der Waals surface area contributed by atoms with Gasteiger partial charge in [0.15, 0.2) is 5.82 Å². The summed E-state index contributed by atoms with van der Waals surface area (Å²) in [4.78, 5) is 18.0. The van der Waals surface area contributed by atoms with Gasteiger partial charge in [-0.3, -0.25) is 9.36 Å². The van der Waals surface area contributed by atoms with Crippen LogP contribution >= 0.6 is 0 Å². The first-order valence-corrected chi connectivity index (χ1v) is 4.85. The maximum atomic E-state index is 12.0. The molecule has 0 saturated heterocycles. The fraction of sp³-hybridized carbons (Fsp3) is 0.556. The van der Waals surface area contributed by atoms with Gasteiger partial charge in [0, 0.05) is 26.7 Å². The van der Waals surface area contributed by atoms with Crippen LogP contribution in [-0.2, 0) is 7.05 Å². The zero-order valence-corrected chi connectivity index (χ0v) is 9.11. The SMILES string of the molecule is CC1CNc2nc(N)n(C)c(=O)c2N1C. The Hall–Kier alpha value is -1.72. The van der Waals surface area contributed by atoms with E-state index in [0.29, 0.717) is 11.5 Å². The van der Waals surface area contributed by atoms with Crippen LogP contribution in [0.5, 0.6) is 0 Å². The standard InChI is InChI=1S/C9H15N5O/c1-5-4-11-7-6(13(5)2)8(15)14(3)9(10)12-7/h5,11H,4H2,1-3H3,(H2,10,12). The van der Waals surface area contributed by atoms with E-state index in [1.165, 1.54) is 4.57 Å². The van der Waals surface area contributed by atoms with Crippen LogP contribution in [0.2, 0.25) is 0 Å². The lowest BCUT2D eigenvalue weighted by atomic mass is 10.2. The van der Waals surface area contributed by atoms with Crippen molar-refractivity contribution in [2.75, 3.05) is 29.5 Å². The molecule has 6 heteroatoms. The number of aromatic nitrogens is 2. The second-order valence-electron chi connectivity index (χ2n) is 3.87. The van der Waals surface area contributed by atoms with Crippen LogP contribution < -0.4 is 21.5 Å². The van der Waals surface area contributed by atoms with Crippen molar-refractivity contribution >= 4 is 17.5 Å². The second-order valence-corrected chi connectivity index (χ2v) is 3.87. The van der Waals surface area contributed by atoms with Gasteiger partial charge in [0.1, 0.15) is 5.69 Å². The van der Waals surface area contributed by atoms with Crippen molar-refractivity contribution in [1.82, 2.24) is 9.55 Å². The number of hydrogen-bond acceptors (Lipinski definition) is 5. The van der Waals surface area contributed by atoms with Crippen molar-refractivity contribution in [2.45, 2.75) is 13.0 Å². The number of fused-ring (bicyclic) bond motifs is 1. The maximum absolute atomic E-state index is 12.0. The van der Waals surface area contributed by atoms with Gasteiger partial charge in [0.25, 0.3) is 5.56 Å². The zero-order valence-electron chi connectivity index (χ0n) is 9.11. The molecule has 0 spiro atoms. The van der Waals surface area contributed by atoms with E-state index in [1.54, 1.807) is 7.05 Å². The molecule has 0 radical (unpaired) electrons. The minimum Gasteiger partial charge on any atom is -0.369 e. The smallest absolute Gasteiger partial charge is 0.280 e. The van der Waals surface area contributed by atoms with Crippen molar-refractivity contribution in [3.05, 3.63) is 10.4 Å². The number of nitrogens with two attached hydrogens (primary N) is 1. The molecule has 0 amide bonds. The molecule has 0 saturated carbocycles. The highest BCUT2D eigenvalue weighted by Gasteiger charge is 2.25. The summed E-state index contributed by atoms with van der Waals surface area (Å²) in [6.07, 6.45) is 0. The van der Waals surface area contributed by atoms with Gasteiger partial charge >= 0.3 is 0 Å². The molecule has 0 aliphatic carbocycles. The molecule has 1 aliphatic rings. The van der Waals surface area contributed by atoms with Crippen molar-refractivity contribution in [1.29, 1.82) is 0 Å². The number of anilines is 3. The van der Waals surface area contributed by atoms with E-state index in [9.17, 15) is 4.79 Å². The quantitative estimate of drug-likeness (QED) is 0.608. The molecule has 2 rings (SSSR count). The third-order valence-electron chi connectivity index (χ3n) is 2.88. The summed E-state index contributed by atoms with van der Waals surface area (Å²) < 4.78 is 1.36. The first kappa shape index (κ1) is 9.82. The van der Waals surface area contributed by atoms with Gasteiger partial charge in [0.2, 0.25) is 5.95 Å². The topological polar surface area (TPSA) is 76.2 Å². The number of rotatable bonds is 0. The molecule has 1 aromatic heterocycles. The van der Waals surface area contributed by atoms with E-state index >= 15 is 0 Å². The molecule has 15 heavy (non-hydrogen) atoms. The molecule has 1 aliphatic heterocycles. The van der Waals surface area contributed by atoms with Gasteiger partial charge in [-0.25, -0.2) is 0 Å². The first-order chi connectivity index (χ1) is 7.02. The highest BCUT2D eigenvalue weighted by molar-refractivity contribution is 5.68. The van der Waals surface area contributed by atoms with Crippen LogP contribution in [0.1, 0.15) is 6.92 Å². The third kappa shape index (κ3) is 1.33. The fourth-order valence-corrected chi connectivity index (χ4v) is 1.65. The number of hydrogen-bond donors (Lipinski definition) is 2. The average Bonchev–Trinajstić information content (AvgIpc) is 2.20. The van der Waals surface area contributed by atoms with Crippen LogP contribution in [0.3, 0.4) is 0 Å². The monoisotopic (exact) mass is 209 g/mol. The van der Waals surface area contributed by atoms with Crippen LogP contribution in [-0.4, -0.2) is 29.2 Å². The highest BCUT2D eigenvalue weighted by Crippen LogP contribution is 2.24. The van der Waals surface area contributed by atoms with Gasteiger partial charge < -0.3 is 16.0 Å². The maximum Gasteiger partial charge on any atom is 0.280 e. The summed E-state index contributed by atoms with van der Waals surface area (Å²) in [5, 5.41) is 3.11. The van der Waals surface area contributed by atoms with E-state index in [0.717, 1.165) is 6.54 Å². The largest absolute Gasteiger partial charge is 0.369 e. The minimum atomic E-state index is -0.112. The summed E-state index contributed by atoms with van der Waals surface area (Å²) in [7, 11) is 3.52. The predicted octanol–water partition coefficient (Wildman–Crippen LogP) is -0.387. The normalized spacial score (nSPS) is 19.7. The van der Waals surface area contributed by atoms with Crippen molar-refractivity contribution in [3.63, 3.8) is 0 Å². The fourth-order valence-electron chi connectivity index (χ4n) is 1.65. The average molecular weight is 209 g/mol. The molecule has 0 fully saturated rings. The second kappa shape index (κ2) is 3.15. The van der Waals surface area contributed by atoms with Crippen LogP contribution in [0.25, 0.3) is 0 Å². The Morgan fingerprint density at radius 3 is 2.87 bits per heavy atom. The lowest BCUT2D eigenvalue weighted by Crippen LogP contribution is -2.44. The summed E-state index contributed by atoms with van der Waals surface area (Å²) in [5.41, 5.74) is 6.09. The molecule has 2 heterocycles. The van der Waals surface area contributed by atoms with Crippen LogP contribution in [0.15, 0.2) is 4.79 Å². The molecule has 6 nitrogen and oxygen atoms in total. The van der Waals surface area contributed by atoms with Crippen molar-refractivity contribution in [3.8, 4) is 0 Å². The lowest BCUT2D eigenvalue weighted by molar-refractivity contribution is 0.678. The van der Waals surface area contributed by atoms with Crippen molar-refractivity contribution in [2.24, 2.45) is 7.05 Å². The van der Waals surface area contributed by atoms with Crippen LogP contribution in [0.4, 0.5) is 17.5 Å². The minimum absolute atomic E-state index is 0.112. The summed E-state index contributed by atoms with van der Waals surface area (Å²) in [5.74, 6) is 0.811. The molecule has 3 N–H and O–H groups in total. The van der Waals surface area contributed by atoms with Gasteiger partial charge in [-0.2, -0.15) is 4.98 Å². The summed E-state index contributed by atoms with van der Waals surface area (Å²) in [6.45, 7) is 2.81. The van der Waals surface area contributed by atoms with Gasteiger partial charge in [-0.05, 0) is 6.92 Å². The number of nitrogens with one attached hydrogen (secondary N) is 1. The first-order valence-electron chi connectivity index (χ1n) is 4.85. The van der Waals surface area contributed by atoms with E-state index < -0.39 is 0 Å². The molecule has 0 bridgehead atoms. The molecular formula is C9H15N5O. The van der Waals surface area contributed by atoms with E-state index in [-0.39, 0.29) is 17.5 Å². The number of nitrogens with zero attached hydrogens (tertiary/aromatic N) is 3. The molecule has 1 aromatic rings. The summed E-state index contributed by atoms with van der Waals surface area (Å²) >= 11 is 0. The molecule has 1 unspecified atom stereocenters. The van der Waals surface area contributed by atoms with Gasteiger partial charge in [-0.1, -0.05) is 0 Å². The van der Waals surface area contributed by atoms with E-state index in [1.807, 2.05) is 18.9 Å². The van der Waals surface area contributed by atoms with Crippen LogP contribution in [0, 0.1) is 0 Å². The Morgan fingerprint density at radius 1 is 1.53 bits per heavy atom. The van der Waals surface area contributed by atoms with Gasteiger partial charge in [-0.15, -0.1) is 0 Å². The van der Waals surface area contributed by atoms with Gasteiger partial charge in [0.05, 0.1) is 0 Å². The Kier molecular flexibility index (Phi) is 2.06. The Balaban J connectivity index is 2.68. The van der Waals surface area contributed by atoms with E-state index in [4.69, 9.17) is 5.73 Å². The number of likely N-dealkylation sites (N-methyl/N-ethyl adjacent to an activating group) is 1. The molecule has 82 valence electrons. The Bertz CT molecular complexity index is 453. The Morgan fingerprint density at radius 2 is 2.20 bits per heavy atom. The molecular weight excluding hydrogens is 194 g/mol. The molecule has 0 aromatic carbocycles. The lowest BCUT2D eigenvalue weighted by Gasteiger charge is -2.33. The summed E-state index contributed by atoms with van der Waals surface area (Å²) in [6, 6.07) is 0.274.